The standard InChI is InChI=1S/C16H23NO4/c1-12-10-13(4-5-15(12)20-3)16(18)17-7-9-21-14(11-17)6-8-19-2/h4-5,10,14H,6-9,11H2,1-3H3. The summed E-state index contributed by atoms with van der Waals surface area (Å²) in [4.78, 5) is 14.4. The number of nitrogens with zero attached hydrogens (tertiary/aromatic N) is 1. The maximum atomic E-state index is 12.6. The third-order valence-electron chi connectivity index (χ3n) is 3.71. The van der Waals surface area contributed by atoms with Crippen LogP contribution >= 0.6 is 0 Å². The Balaban J connectivity index is 2.03. The van der Waals surface area contributed by atoms with E-state index in [1.54, 1.807) is 14.2 Å². The van der Waals surface area contributed by atoms with E-state index in [2.05, 4.69) is 0 Å². The van der Waals surface area contributed by atoms with Crippen LogP contribution in [-0.4, -0.2) is 57.4 Å². The first-order chi connectivity index (χ1) is 10.2. The summed E-state index contributed by atoms with van der Waals surface area (Å²) in [5.41, 5.74) is 1.66. The first kappa shape index (κ1) is 15.8. The zero-order valence-corrected chi connectivity index (χ0v) is 12.9. The van der Waals surface area contributed by atoms with Gasteiger partial charge >= 0.3 is 0 Å². The van der Waals surface area contributed by atoms with Crippen LogP contribution in [0.1, 0.15) is 22.3 Å². The first-order valence-electron chi connectivity index (χ1n) is 7.20. The highest BCUT2D eigenvalue weighted by Crippen LogP contribution is 2.20. The van der Waals surface area contributed by atoms with Crippen molar-refractivity contribution in [2.75, 3.05) is 40.5 Å². The number of hydrogen-bond acceptors (Lipinski definition) is 4. The quantitative estimate of drug-likeness (QED) is 0.831. The average molecular weight is 293 g/mol. The zero-order chi connectivity index (χ0) is 15.2. The lowest BCUT2D eigenvalue weighted by molar-refractivity contribution is -0.0332. The monoisotopic (exact) mass is 293 g/mol. The molecule has 1 heterocycles. The van der Waals surface area contributed by atoms with Gasteiger partial charge in [-0.05, 0) is 37.1 Å². The van der Waals surface area contributed by atoms with Crippen molar-refractivity contribution in [2.24, 2.45) is 0 Å². The largest absolute Gasteiger partial charge is 0.496 e. The molecule has 0 saturated carbocycles. The zero-order valence-electron chi connectivity index (χ0n) is 12.9. The lowest BCUT2D eigenvalue weighted by Crippen LogP contribution is -2.46. The molecule has 0 N–H and O–H groups in total. The van der Waals surface area contributed by atoms with Gasteiger partial charge in [-0.15, -0.1) is 0 Å². The van der Waals surface area contributed by atoms with E-state index in [1.165, 1.54) is 0 Å². The molecule has 1 amide bonds. The highest BCUT2D eigenvalue weighted by atomic mass is 16.5. The van der Waals surface area contributed by atoms with Gasteiger partial charge in [-0.2, -0.15) is 0 Å². The third-order valence-corrected chi connectivity index (χ3v) is 3.71. The minimum atomic E-state index is 0.0477. The fraction of sp³-hybridized carbons (Fsp3) is 0.562. The van der Waals surface area contributed by atoms with Crippen molar-refractivity contribution in [1.82, 2.24) is 4.90 Å². The van der Waals surface area contributed by atoms with Crippen LogP contribution in [0.5, 0.6) is 5.75 Å². The molecule has 1 aliphatic rings. The van der Waals surface area contributed by atoms with Gasteiger partial charge in [-0.3, -0.25) is 4.79 Å². The van der Waals surface area contributed by atoms with E-state index < -0.39 is 0 Å². The van der Waals surface area contributed by atoms with Crippen LogP contribution in [0.4, 0.5) is 0 Å². The van der Waals surface area contributed by atoms with Crippen molar-refractivity contribution in [3.8, 4) is 5.75 Å². The van der Waals surface area contributed by atoms with Gasteiger partial charge in [0.25, 0.3) is 5.91 Å². The highest BCUT2D eigenvalue weighted by Gasteiger charge is 2.25. The van der Waals surface area contributed by atoms with Gasteiger partial charge in [0.2, 0.25) is 0 Å². The number of rotatable bonds is 5. The molecule has 116 valence electrons. The van der Waals surface area contributed by atoms with Crippen molar-refractivity contribution >= 4 is 5.91 Å². The summed E-state index contributed by atoms with van der Waals surface area (Å²) >= 11 is 0. The normalized spacial score (nSPS) is 18.6. The SMILES string of the molecule is COCCC1CN(C(=O)c2ccc(OC)c(C)c2)CCO1. The van der Waals surface area contributed by atoms with Gasteiger partial charge in [-0.1, -0.05) is 0 Å². The average Bonchev–Trinajstić information content (AvgIpc) is 2.52. The van der Waals surface area contributed by atoms with Crippen LogP contribution in [0.2, 0.25) is 0 Å². The fourth-order valence-electron chi connectivity index (χ4n) is 2.52. The Hall–Kier alpha value is -1.59. The van der Waals surface area contributed by atoms with Gasteiger partial charge < -0.3 is 19.1 Å². The number of ether oxygens (including phenoxy) is 3. The second-order valence-corrected chi connectivity index (χ2v) is 5.21. The molecule has 1 atom stereocenters. The Morgan fingerprint density at radius 3 is 2.90 bits per heavy atom. The van der Waals surface area contributed by atoms with E-state index >= 15 is 0 Å². The van der Waals surface area contributed by atoms with Gasteiger partial charge in [-0.25, -0.2) is 0 Å². The number of amides is 1. The highest BCUT2D eigenvalue weighted by molar-refractivity contribution is 5.94. The van der Waals surface area contributed by atoms with Gasteiger partial charge in [0, 0.05) is 32.4 Å². The molecule has 1 saturated heterocycles. The molecular weight excluding hydrogens is 270 g/mol. The van der Waals surface area contributed by atoms with Crippen molar-refractivity contribution in [3.05, 3.63) is 29.3 Å². The van der Waals surface area contributed by atoms with Crippen LogP contribution in [0.3, 0.4) is 0 Å². The number of carbonyl (C=O) groups is 1. The third kappa shape index (κ3) is 3.95. The summed E-state index contributed by atoms with van der Waals surface area (Å²) in [5.74, 6) is 0.845. The molecule has 1 aliphatic heterocycles. The summed E-state index contributed by atoms with van der Waals surface area (Å²) in [6.07, 6.45) is 0.865. The molecular formula is C16H23NO4. The van der Waals surface area contributed by atoms with Crippen LogP contribution < -0.4 is 4.74 Å². The van der Waals surface area contributed by atoms with Crippen LogP contribution in [0.15, 0.2) is 18.2 Å². The van der Waals surface area contributed by atoms with Crippen molar-refractivity contribution in [3.63, 3.8) is 0 Å². The summed E-state index contributed by atoms with van der Waals surface area (Å²) in [5, 5.41) is 0. The van der Waals surface area contributed by atoms with E-state index in [0.29, 0.717) is 31.9 Å². The molecule has 0 bridgehead atoms. The Bertz CT molecular complexity index is 489. The number of benzene rings is 1. The van der Waals surface area contributed by atoms with E-state index in [9.17, 15) is 4.79 Å². The Morgan fingerprint density at radius 2 is 2.24 bits per heavy atom. The number of aryl methyl sites for hydroxylation is 1. The van der Waals surface area contributed by atoms with Crippen molar-refractivity contribution in [1.29, 1.82) is 0 Å². The molecule has 1 fully saturated rings. The molecule has 0 aromatic heterocycles. The number of carbonyl (C=O) groups excluding carboxylic acids is 1. The van der Waals surface area contributed by atoms with Crippen molar-refractivity contribution in [2.45, 2.75) is 19.4 Å². The van der Waals surface area contributed by atoms with Crippen LogP contribution in [0, 0.1) is 6.92 Å². The topological polar surface area (TPSA) is 48.0 Å². The predicted molar refractivity (Wildman–Crippen MR) is 79.9 cm³/mol. The minimum absolute atomic E-state index is 0.0477. The van der Waals surface area contributed by atoms with Gasteiger partial charge in [0.1, 0.15) is 5.75 Å². The molecule has 0 aliphatic carbocycles. The smallest absolute Gasteiger partial charge is 0.254 e. The van der Waals surface area contributed by atoms with Gasteiger partial charge in [0.05, 0.1) is 19.8 Å². The van der Waals surface area contributed by atoms with Crippen LogP contribution in [0.25, 0.3) is 0 Å². The molecule has 0 radical (unpaired) electrons. The second-order valence-electron chi connectivity index (χ2n) is 5.21. The number of methoxy groups -OCH3 is 2. The second kappa shape index (κ2) is 7.43. The molecule has 1 aromatic carbocycles. The Labute approximate surface area is 125 Å². The molecule has 0 spiro atoms. The van der Waals surface area contributed by atoms with Gasteiger partial charge in [0.15, 0.2) is 0 Å². The Morgan fingerprint density at radius 1 is 1.43 bits per heavy atom. The lowest BCUT2D eigenvalue weighted by Gasteiger charge is -2.33. The van der Waals surface area contributed by atoms with E-state index in [-0.39, 0.29) is 12.0 Å². The first-order valence-corrected chi connectivity index (χ1v) is 7.20. The lowest BCUT2D eigenvalue weighted by atomic mass is 10.1. The summed E-state index contributed by atoms with van der Waals surface area (Å²) < 4.78 is 16.0. The summed E-state index contributed by atoms with van der Waals surface area (Å²) in [7, 11) is 3.30. The number of morpholine rings is 1. The molecule has 5 heteroatoms. The molecule has 1 aromatic rings. The van der Waals surface area contributed by atoms with E-state index in [1.807, 2.05) is 30.0 Å². The number of hydrogen-bond donors (Lipinski definition) is 0. The van der Waals surface area contributed by atoms with E-state index in [0.717, 1.165) is 17.7 Å². The van der Waals surface area contributed by atoms with Crippen molar-refractivity contribution < 1.29 is 19.0 Å². The fourth-order valence-corrected chi connectivity index (χ4v) is 2.52. The molecule has 1 unspecified atom stereocenters. The Kier molecular flexibility index (Phi) is 5.59. The maximum absolute atomic E-state index is 12.6. The van der Waals surface area contributed by atoms with E-state index in [4.69, 9.17) is 14.2 Å². The molecule has 5 nitrogen and oxygen atoms in total. The minimum Gasteiger partial charge on any atom is -0.496 e. The summed E-state index contributed by atoms with van der Waals surface area (Å²) in [6, 6.07) is 5.53. The van der Waals surface area contributed by atoms with Crippen LogP contribution in [-0.2, 0) is 9.47 Å². The summed E-state index contributed by atoms with van der Waals surface area (Å²) in [6.45, 7) is 4.42. The molecule has 2 rings (SSSR count). The predicted octanol–water partition coefficient (Wildman–Crippen LogP) is 1.88. The molecule has 21 heavy (non-hydrogen) atoms. The maximum Gasteiger partial charge on any atom is 0.254 e.